The van der Waals surface area contributed by atoms with Gasteiger partial charge < -0.3 is 10.5 Å². The summed E-state index contributed by atoms with van der Waals surface area (Å²) in [5.41, 5.74) is 9.53. The Balaban J connectivity index is 1.94. The maximum absolute atomic E-state index is 5.81. The number of hydrogen-bond donors (Lipinski definition) is 1. The van der Waals surface area contributed by atoms with Crippen molar-refractivity contribution in [2.24, 2.45) is 0 Å². The summed E-state index contributed by atoms with van der Waals surface area (Å²) in [5.74, 6) is 0. The molecule has 0 saturated heterocycles. The van der Waals surface area contributed by atoms with E-state index in [9.17, 15) is 0 Å². The molecule has 3 nitrogen and oxygen atoms in total. The SMILES string of the molecule is COCCCN1CCc2ccc(N)cc2C1. The zero-order chi connectivity index (χ0) is 11.4. The molecule has 1 aliphatic heterocycles. The van der Waals surface area contributed by atoms with Crippen molar-refractivity contribution in [2.75, 3.05) is 32.5 Å². The molecule has 1 aromatic rings. The van der Waals surface area contributed by atoms with Crippen molar-refractivity contribution >= 4 is 5.69 Å². The predicted octanol–water partition coefficient (Wildman–Crippen LogP) is 1.66. The van der Waals surface area contributed by atoms with Crippen LogP contribution in [0.1, 0.15) is 17.5 Å². The van der Waals surface area contributed by atoms with Crippen molar-refractivity contribution in [1.29, 1.82) is 0 Å². The Bertz CT molecular complexity index is 352. The van der Waals surface area contributed by atoms with Crippen LogP contribution in [0.3, 0.4) is 0 Å². The fourth-order valence-electron chi connectivity index (χ4n) is 2.26. The van der Waals surface area contributed by atoms with Gasteiger partial charge in [0, 0.05) is 39.0 Å². The quantitative estimate of drug-likeness (QED) is 0.619. The average molecular weight is 220 g/mol. The number of ether oxygens (including phenoxy) is 1. The molecule has 1 aliphatic rings. The second-order valence-corrected chi connectivity index (χ2v) is 4.40. The third kappa shape index (κ3) is 2.74. The van der Waals surface area contributed by atoms with E-state index >= 15 is 0 Å². The number of methoxy groups -OCH3 is 1. The number of anilines is 1. The lowest BCUT2D eigenvalue weighted by molar-refractivity contribution is 0.167. The molecule has 0 radical (unpaired) electrons. The summed E-state index contributed by atoms with van der Waals surface area (Å²) < 4.78 is 5.07. The maximum atomic E-state index is 5.81. The average Bonchev–Trinajstić information content (AvgIpc) is 2.29. The van der Waals surface area contributed by atoms with Crippen molar-refractivity contribution in [3.63, 3.8) is 0 Å². The molecule has 88 valence electrons. The van der Waals surface area contributed by atoms with E-state index in [-0.39, 0.29) is 0 Å². The Hall–Kier alpha value is -1.06. The number of rotatable bonds is 4. The lowest BCUT2D eigenvalue weighted by Gasteiger charge is -2.28. The first-order chi connectivity index (χ1) is 7.79. The van der Waals surface area contributed by atoms with Gasteiger partial charge in [0.25, 0.3) is 0 Å². The molecule has 0 fully saturated rings. The summed E-state index contributed by atoms with van der Waals surface area (Å²) >= 11 is 0. The molecule has 0 unspecified atom stereocenters. The van der Waals surface area contributed by atoms with E-state index in [4.69, 9.17) is 10.5 Å². The van der Waals surface area contributed by atoms with Crippen molar-refractivity contribution in [2.45, 2.75) is 19.4 Å². The van der Waals surface area contributed by atoms with Crippen molar-refractivity contribution in [3.05, 3.63) is 29.3 Å². The van der Waals surface area contributed by atoms with Gasteiger partial charge in [-0.3, -0.25) is 4.90 Å². The Kier molecular flexibility index (Phi) is 3.80. The number of nitrogens with two attached hydrogens (primary N) is 1. The molecule has 0 spiro atoms. The predicted molar refractivity (Wildman–Crippen MR) is 66.3 cm³/mol. The molecule has 1 aromatic carbocycles. The van der Waals surface area contributed by atoms with Crippen molar-refractivity contribution < 1.29 is 4.74 Å². The van der Waals surface area contributed by atoms with Crippen LogP contribution in [0.2, 0.25) is 0 Å². The molecule has 2 rings (SSSR count). The molecule has 0 atom stereocenters. The fourth-order valence-corrected chi connectivity index (χ4v) is 2.26. The lowest BCUT2D eigenvalue weighted by atomic mass is 9.99. The number of nitrogens with zero attached hydrogens (tertiary/aromatic N) is 1. The monoisotopic (exact) mass is 220 g/mol. The Morgan fingerprint density at radius 2 is 2.25 bits per heavy atom. The lowest BCUT2D eigenvalue weighted by Crippen LogP contribution is -2.31. The fraction of sp³-hybridized carbons (Fsp3) is 0.538. The van der Waals surface area contributed by atoms with Crippen LogP contribution >= 0.6 is 0 Å². The van der Waals surface area contributed by atoms with Crippen LogP contribution in [0.15, 0.2) is 18.2 Å². The van der Waals surface area contributed by atoms with Crippen LogP contribution in [0, 0.1) is 0 Å². The minimum Gasteiger partial charge on any atom is -0.399 e. The van der Waals surface area contributed by atoms with Gasteiger partial charge in [0.05, 0.1) is 0 Å². The van der Waals surface area contributed by atoms with Gasteiger partial charge in [0.1, 0.15) is 0 Å². The molecular formula is C13H20N2O. The van der Waals surface area contributed by atoms with E-state index in [2.05, 4.69) is 17.0 Å². The van der Waals surface area contributed by atoms with E-state index in [0.717, 1.165) is 44.8 Å². The highest BCUT2D eigenvalue weighted by atomic mass is 16.5. The summed E-state index contributed by atoms with van der Waals surface area (Å²) in [6, 6.07) is 6.27. The highest BCUT2D eigenvalue weighted by Gasteiger charge is 2.15. The van der Waals surface area contributed by atoms with E-state index in [1.54, 1.807) is 7.11 Å². The van der Waals surface area contributed by atoms with Gasteiger partial charge in [-0.1, -0.05) is 6.07 Å². The molecule has 0 bridgehead atoms. The highest BCUT2D eigenvalue weighted by Crippen LogP contribution is 2.21. The number of hydrogen-bond acceptors (Lipinski definition) is 3. The Morgan fingerprint density at radius 3 is 3.06 bits per heavy atom. The summed E-state index contributed by atoms with van der Waals surface area (Å²) in [6.07, 6.45) is 2.25. The molecule has 2 N–H and O–H groups in total. The molecule has 0 saturated carbocycles. The van der Waals surface area contributed by atoms with Crippen LogP contribution in [0.4, 0.5) is 5.69 Å². The third-order valence-electron chi connectivity index (χ3n) is 3.14. The van der Waals surface area contributed by atoms with Gasteiger partial charge in [0.15, 0.2) is 0 Å². The smallest absolute Gasteiger partial charge is 0.0474 e. The zero-order valence-corrected chi connectivity index (χ0v) is 9.91. The maximum Gasteiger partial charge on any atom is 0.0474 e. The van der Waals surface area contributed by atoms with Gasteiger partial charge >= 0.3 is 0 Å². The zero-order valence-electron chi connectivity index (χ0n) is 9.91. The first kappa shape index (κ1) is 11.4. The molecule has 1 heterocycles. The van der Waals surface area contributed by atoms with Crippen molar-refractivity contribution in [3.8, 4) is 0 Å². The molecule has 16 heavy (non-hydrogen) atoms. The summed E-state index contributed by atoms with van der Waals surface area (Å²) in [6.45, 7) is 4.15. The van der Waals surface area contributed by atoms with Crippen LogP contribution in [0.25, 0.3) is 0 Å². The van der Waals surface area contributed by atoms with Crippen LogP contribution in [-0.2, 0) is 17.7 Å². The van der Waals surface area contributed by atoms with Gasteiger partial charge in [-0.05, 0) is 36.1 Å². The second-order valence-electron chi connectivity index (χ2n) is 4.40. The standard InChI is InChI=1S/C13H20N2O/c1-16-8-2-6-15-7-5-11-3-4-13(14)9-12(11)10-15/h3-4,9H,2,5-8,10,14H2,1H3. The summed E-state index contributed by atoms with van der Waals surface area (Å²) in [4.78, 5) is 2.47. The first-order valence-corrected chi connectivity index (χ1v) is 5.88. The van der Waals surface area contributed by atoms with Crippen LogP contribution < -0.4 is 5.73 Å². The normalized spacial score (nSPS) is 16.1. The van der Waals surface area contributed by atoms with E-state index < -0.39 is 0 Å². The minimum absolute atomic E-state index is 0.848. The number of nitrogen functional groups attached to an aromatic ring is 1. The topological polar surface area (TPSA) is 38.5 Å². The van der Waals surface area contributed by atoms with E-state index in [1.807, 2.05) is 6.07 Å². The van der Waals surface area contributed by atoms with Gasteiger partial charge in [-0.25, -0.2) is 0 Å². The van der Waals surface area contributed by atoms with Gasteiger partial charge in [0.2, 0.25) is 0 Å². The largest absolute Gasteiger partial charge is 0.399 e. The second kappa shape index (κ2) is 5.32. The Morgan fingerprint density at radius 1 is 1.38 bits per heavy atom. The van der Waals surface area contributed by atoms with Crippen molar-refractivity contribution in [1.82, 2.24) is 4.90 Å². The van der Waals surface area contributed by atoms with Crippen LogP contribution in [-0.4, -0.2) is 31.7 Å². The third-order valence-corrected chi connectivity index (χ3v) is 3.14. The van der Waals surface area contributed by atoms with Gasteiger partial charge in [-0.15, -0.1) is 0 Å². The first-order valence-electron chi connectivity index (χ1n) is 5.88. The summed E-state index contributed by atoms with van der Waals surface area (Å²) in [7, 11) is 1.76. The van der Waals surface area contributed by atoms with E-state index in [0.29, 0.717) is 0 Å². The highest BCUT2D eigenvalue weighted by molar-refractivity contribution is 5.45. The van der Waals surface area contributed by atoms with Gasteiger partial charge in [-0.2, -0.15) is 0 Å². The van der Waals surface area contributed by atoms with E-state index in [1.165, 1.54) is 11.1 Å². The number of benzene rings is 1. The van der Waals surface area contributed by atoms with Crippen LogP contribution in [0.5, 0.6) is 0 Å². The number of fused-ring (bicyclic) bond motifs is 1. The molecule has 0 aliphatic carbocycles. The molecule has 0 aromatic heterocycles. The minimum atomic E-state index is 0.848. The summed E-state index contributed by atoms with van der Waals surface area (Å²) in [5, 5.41) is 0. The Labute approximate surface area is 97.2 Å². The molecular weight excluding hydrogens is 200 g/mol. The molecule has 3 heteroatoms. The molecule has 0 amide bonds.